The van der Waals surface area contributed by atoms with E-state index < -0.39 is 10.7 Å². The number of fused-ring (bicyclic) bond motifs is 1. The smallest absolute Gasteiger partial charge is 0.240 e. The first kappa shape index (κ1) is 27.9. The van der Waals surface area contributed by atoms with Crippen molar-refractivity contribution in [3.63, 3.8) is 0 Å². The number of amides is 2. The van der Waals surface area contributed by atoms with Gasteiger partial charge >= 0.3 is 0 Å². The predicted molar refractivity (Wildman–Crippen MR) is 152 cm³/mol. The van der Waals surface area contributed by atoms with Crippen molar-refractivity contribution in [1.29, 1.82) is 0 Å². The fourth-order valence-corrected chi connectivity index (χ4v) is 5.71. The Bertz CT molecular complexity index is 1310. The fraction of sp³-hybridized carbons (Fsp3) is 0.414. The van der Waals surface area contributed by atoms with E-state index >= 15 is 4.39 Å². The number of carbonyl (C=O) groups excluding carboxylic acids is 2. The van der Waals surface area contributed by atoms with Crippen LogP contribution in [0, 0.1) is 12.7 Å². The van der Waals surface area contributed by atoms with Crippen LogP contribution in [0.1, 0.15) is 48.4 Å². The molecule has 0 bridgehead atoms. The summed E-state index contributed by atoms with van der Waals surface area (Å²) in [5, 5.41) is 7.49. The van der Waals surface area contributed by atoms with Crippen molar-refractivity contribution in [1.82, 2.24) is 20.0 Å². The van der Waals surface area contributed by atoms with Crippen LogP contribution < -0.4 is 10.2 Å². The summed E-state index contributed by atoms with van der Waals surface area (Å²) in [6.07, 6.45) is 0. The highest BCUT2D eigenvalue weighted by Gasteiger charge is 2.40. The van der Waals surface area contributed by atoms with E-state index in [9.17, 15) is 9.59 Å². The Morgan fingerprint density at radius 3 is 2.47 bits per heavy atom. The van der Waals surface area contributed by atoms with Gasteiger partial charge in [0, 0.05) is 29.6 Å². The highest BCUT2D eigenvalue weighted by Crippen LogP contribution is 2.48. The van der Waals surface area contributed by atoms with Gasteiger partial charge in [-0.25, -0.2) is 9.07 Å². The number of carbonyl (C=O) groups is 2. The summed E-state index contributed by atoms with van der Waals surface area (Å²) in [4.78, 5) is 30.2. The minimum Gasteiger partial charge on any atom is -0.353 e. The molecule has 38 heavy (non-hydrogen) atoms. The molecule has 202 valence electrons. The molecule has 1 N–H and O–H groups in total. The molecule has 1 aliphatic rings. The molecule has 9 heteroatoms. The molecule has 1 unspecified atom stereocenters. The number of likely N-dealkylation sites (N-methyl/N-ethyl adjacent to an activating group) is 1. The monoisotopic (exact) mass is 537 g/mol. The number of halogens is 1. The second-order valence-corrected chi connectivity index (χ2v) is 12.0. The molecule has 1 aromatic heterocycles. The quantitative estimate of drug-likeness (QED) is 0.482. The largest absolute Gasteiger partial charge is 0.353 e. The van der Waals surface area contributed by atoms with Crippen molar-refractivity contribution in [3.05, 3.63) is 76.7 Å². The van der Waals surface area contributed by atoms with Gasteiger partial charge in [0.15, 0.2) is 0 Å². The normalized spacial score (nSPS) is 15.9. The molecule has 7 nitrogen and oxygen atoms in total. The van der Waals surface area contributed by atoms with Gasteiger partial charge in [0.1, 0.15) is 18.2 Å². The number of hydrogen-bond acceptors (Lipinski definition) is 5. The number of aromatic nitrogens is 2. The molecule has 0 aliphatic carbocycles. The Labute approximate surface area is 228 Å². The third kappa shape index (κ3) is 5.94. The van der Waals surface area contributed by atoms with Crippen molar-refractivity contribution in [2.45, 2.75) is 38.4 Å². The number of anilines is 1. The minimum atomic E-state index is -0.467. The highest BCUT2D eigenvalue weighted by atomic mass is 32.2. The van der Waals surface area contributed by atoms with Crippen LogP contribution in [0.15, 0.2) is 48.5 Å². The molecule has 4 rings (SSSR count). The summed E-state index contributed by atoms with van der Waals surface area (Å²) in [6.45, 7) is 9.19. The average Bonchev–Trinajstić information content (AvgIpc) is 3.18. The van der Waals surface area contributed by atoms with E-state index in [4.69, 9.17) is 5.10 Å². The summed E-state index contributed by atoms with van der Waals surface area (Å²) in [6, 6.07) is 14.6. The van der Waals surface area contributed by atoms with Crippen molar-refractivity contribution < 1.29 is 14.0 Å². The van der Waals surface area contributed by atoms with Gasteiger partial charge in [-0.2, -0.15) is 5.10 Å². The van der Waals surface area contributed by atoms with E-state index in [1.807, 2.05) is 56.3 Å². The van der Waals surface area contributed by atoms with Crippen LogP contribution in [0.2, 0.25) is 0 Å². The zero-order valence-corrected chi connectivity index (χ0v) is 23.7. The summed E-state index contributed by atoms with van der Waals surface area (Å²) in [7, 11) is 3.87. The Morgan fingerprint density at radius 1 is 1.16 bits per heavy atom. The lowest BCUT2D eigenvalue weighted by molar-refractivity contribution is -0.122. The number of rotatable bonds is 7. The molecular weight excluding hydrogens is 501 g/mol. The summed E-state index contributed by atoms with van der Waals surface area (Å²) < 4.78 is 17.0. The first-order chi connectivity index (χ1) is 18.0. The molecule has 1 aliphatic heterocycles. The first-order valence-corrected chi connectivity index (χ1v) is 13.8. The number of nitrogens with one attached hydrogen (secondary N) is 1. The van der Waals surface area contributed by atoms with Gasteiger partial charge in [0.2, 0.25) is 11.8 Å². The van der Waals surface area contributed by atoms with Crippen molar-refractivity contribution in [3.8, 4) is 5.69 Å². The van der Waals surface area contributed by atoms with E-state index in [-0.39, 0.29) is 29.9 Å². The fourth-order valence-electron chi connectivity index (χ4n) is 4.49. The lowest BCUT2D eigenvalue weighted by atomic mass is 9.87. The molecule has 2 aromatic carbocycles. The second kappa shape index (κ2) is 11.3. The van der Waals surface area contributed by atoms with Crippen molar-refractivity contribution in [2.75, 3.05) is 44.4 Å². The zero-order valence-electron chi connectivity index (χ0n) is 22.9. The minimum absolute atomic E-state index is 0.107. The Balaban J connectivity index is 1.93. The molecule has 2 heterocycles. The van der Waals surface area contributed by atoms with Gasteiger partial charge in [-0.05, 0) is 39.2 Å². The van der Waals surface area contributed by atoms with Gasteiger partial charge in [0.05, 0.1) is 22.4 Å². The van der Waals surface area contributed by atoms with Crippen LogP contribution in [-0.4, -0.2) is 66.0 Å². The molecular formula is C29H36FN5O2S. The maximum Gasteiger partial charge on any atom is 0.240 e. The lowest BCUT2D eigenvalue weighted by Crippen LogP contribution is -2.43. The summed E-state index contributed by atoms with van der Waals surface area (Å²) in [5.74, 6) is -0.178. The Hall–Kier alpha value is -3.17. The summed E-state index contributed by atoms with van der Waals surface area (Å²) in [5.41, 5.74) is 3.49. The van der Waals surface area contributed by atoms with Crippen LogP contribution in [0.3, 0.4) is 0 Å². The van der Waals surface area contributed by atoms with E-state index in [0.717, 1.165) is 22.5 Å². The van der Waals surface area contributed by atoms with Crippen LogP contribution in [0.5, 0.6) is 0 Å². The van der Waals surface area contributed by atoms with E-state index in [1.54, 1.807) is 16.8 Å². The standard InChI is InChI=1S/C29H36FN5O2S/c1-19-11-13-20(14-12-19)35-28-25(27(32-35)29(2,3)4)26(21-9-7-8-10-22(21)30)38-18-24(37)34(28)17-23(36)31-15-16-33(5)6/h7-14,26H,15-18H2,1-6H3,(H,31,36). The number of nitrogens with zero attached hydrogens (tertiary/aromatic N) is 4. The van der Waals surface area contributed by atoms with E-state index in [0.29, 0.717) is 24.5 Å². The number of aryl methyl sites for hydroxylation is 1. The molecule has 2 amide bonds. The molecule has 0 saturated heterocycles. The Morgan fingerprint density at radius 2 is 1.84 bits per heavy atom. The van der Waals surface area contributed by atoms with E-state index in [1.165, 1.54) is 22.7 Å². The molecule has 3 aromatic rings. The zero-order chi connectivity index (χ0) is 27.6. The molecule has 0 saturated carbocycles. The van der Waals surface area contributed by atoms with Gasteiger partial charge in [-0.15, -0.1) is 11.8 Å². The second-order valence-electron chi connectivity index (χ2n) is 10.9. The number of thioether (sulfide) groups is 1. The number of hydrogen-bond donors (Lipinski definition) is 1. The third-order valence-electron chi connectivity index (χ3n) is 6.45. The SMILES string of the molecule is Cc1ccc(-n2nc(C(C)(C)C)c3c2N(CC(=O)NCCN(C)C)C(=O)CSC3c2ccccc2F)cc1. The average molecular weight is 538 g/mol. The van der Waals surface area contributed by atoms with Crippen LogP contribution in [0.4, 0.5) is 10.2 Å². The predicted octanol–water partition coefficient (Wildman–Crippen LogP) is 4.46. The van der Waals surface area contributed by atoms with Crippen molar-refractivity contribution >= 4 is 29.4 Å². The molecule has 0 spiro atoms. The van der Waals surface area contributed by atoms with Crippen LogP contribution >= 0.6 is 11.8 Å². The Kier molecular flexibility index (Phi) is 8.28. The molecule has 0 radical (unpaired) electrons. The van der Waals surface area contributed by atoms with Gasteiger partial charge < -0.3 is 10.2 Å². The lowest BCUT2D eigenvalue weighted by Gasteiger charge is -2.25. The van der Waals surface area contributed by atoms with Crippen LogP contribution in [0.25, 0.3) is 5.69 Å². The van der Waals surface area contributed by atoms with Crippen LogP contribution in [-0.2, 0) is 15.0 Å². The number of benzene rings is 2. The van der Waals surface area contributed by atoms with Gasteiger partial charge in [-0.3, -0.25) is 14.5 Å². The maximum atomic E-state index is 15.2. The van der Waals surface area contributed by atoms with Crippen molar-refractivity contribution in [2.24, 2.45) is 0 Å². The van der Waals surface area contributed by atoms with Gasteiger partial charge in [-0.1, -0.05) is 56.7 Å². The highest BCUT2D eigenvalue weighted by molar-refractivity contribution is 8.00. The van der Waals surface area contributed by atoms with Gasteiger partial charge in [0.25, 0.3) is 0 Å². The molecule has 1 atom stereocenters. The third-order valence-corrected chi connectivity index (χ3v) is 7.69. The topological polar surface area (TPSA) is 70.5 Å². The molecule has 0 fully saturated rings. The summed E-state index contributed by atoms with van der Waals surface area (Å²) >= 11 is 1.37. The van der Waals surface area contributed by atoms with E-state index in [2.05, 4.69) is 26.1 Å². The first-order valence-electron chi connectivity index (χ1n) is 12.8. The maximum absolute atomic E-state index is 15.2.